The molecule has 3 aromatic rings. The summed E-state index contributed by atoms with van der Waals surface area (Å²) in [4.78, 5) is 24.7. The number of alkyl halides is 3. The lowest BCUT2D eigenvalue weighted by Gasteiger charge is -2.31. The molecule has 2 aromatic heterocycles. The largest absolute Gasteiger partial charge is 0.433 e. The number of nitrogens with zero attached hydrogens (tertiary/aromatic N) is 4. The van der Waals surface area contributed by atoms with Gasteiger partial charge in [0.1, 0.15) is 28.6 Å². The molecule has 1 aliphatic heterocycles. The molecule has 2 atom stereocenters. The molecule has 0 radical (unpaired) electrons. The molecule has 8 nitrogen and oxygen atoms in total. The molecule has 3 heterocycles. The molecular formula is C23H20F5N5O3S. The number of carbonyl (C=O) groups is 1. The molecule has 4 rings (SSSR count). The first-order valence-corrected chi connectivity index (χ1v) is 12.3. The predicted molar refractivity (Wildman–Crippen MR) is 120 cm³/mol. The Bertz CT molecular complexity index is 1450. The zero-order valence-electron chi connectivity index (χ0n) is 19.2. The van der Waals surface area contributed by atoms with Gasteiger partial charge in [0, 0.05) is 30.9 Å². The fourth-order valence-electron chi connectivity index (χ4n) is 4.22. The number of halogens is 5. The molecule has 0 spiro atoms. The van der Waals surface area contributed by atoms with Crippen molar-refractivity contribution in [3.63, 3.8) is 0 Å². The second-order valence-electron chi connectivity index (χ2n) is 8.79. The van der Waals surface area contributed by atoms with Crippen LogP contribution in [0.1, 0.15) is 24.7 Å². The van der Waals surface area contributed by atoms with Crippen molar-refractivity contribution in [2.24, 2.45) is 5.73 Å². The van der Waals surface area contributed by atoms with E-state index in [9.17, 15) is 35.2 Å². The van der Waals surface area contributed by atoms with Gasteiger partial charge in [0.25, 0.3) is 0 Å². The van der Waals surface area contributed by atoms with Crippen LogP contribution in [0.25, 0.3) is 11.3 Å². The van der Waals surface area contributed by atoms with Gasteiger partial charge < -0.3 is 5.73 Å². The molecule has 0 unspecified atom stereocenters. The maximum Gasteiger partial charge on any atom is 0.433 e. The first kappa shape index (κ1) is 26.5. The smallest absolute Gasteiger partial charge is 0.368 e. The number of primary amides is 1. The molecule has 1 fully saturated rings. The average Bonchev–Trinajstić information content (AvgIpc) is 3.17. The number of likely N-dealkylation sites (tertiary alicyclic amines) is 1. The Morgan fingerprint density at radius 1 is 1.14 bits per heavy atom. The van der Waals surface area contributed by atoms with Gasteiger partial charge in [-0.05, 0) is 43.7 Å². The van der Waals surface area contributed by atoms with Crippen molar-refractivity contribution in [3.05, 3.63) is 71.9 Å². The van der Waals surface area contributed by atoms with Gasteiger partial charge in [0.15, 0.2) is 9.84 Å². The van der Waals surface area contributed by atoms with E-state index >= 15 is 0 Å². The molecule has 0 saturated carbocycles. The Morgan fingerprint density at radius 3 is 2.46 bits per heavy atom. The van der Waals surface area contributed by atoms with Gasteiger partial charge in [0.2, 0.25) is 5.91 Å². The summed E-state index contributed by atoms with van der Waals surface area (Å²) in [6.07, 6.45) is -2.67. The number of hydrogen-bond donors (Lipinski definition) is 1. The number of sulfone groups is 1. The summed E-state index contributed by atoms with van der Waals surface area (Å²) in [6, 6.07) is 5.60. The van der Waals surface area contributed by atoms with E-state index in [4.69, 9.17) is 5.73 Å². The van der Waals surface area contributed by atoms with Crippen LogP contribution in [-0.2, 0) is 27.4 Å². The molecule has 1 aliphatic rings. The minimum absolute atomic E-state index is 0.0685. The van der Waals surface area contributed by atoms with E-state index in [0.29, 0.717) is 11.8 Å². The first-order chi connectivity index (χ1) is 17.2. The topological polar surface area (TPSA) is 119 Å². The summed E-state index contributed by atoms with van der Waals surface area (Å²) in [6.45, 7) is 1.18. The van der Waals surface area contributed by atoms with Crippen molar-refractivity contribution in [2.45, 2.75) is 41.7 Å². The van der Waals surface area contributed by atoms with Crippen LogP contribution in [-0.4, -0.2) is 51.5 Å². The Balaban J connectivity index is 1.61. The fourth-order valence-corrected chi connectivity index (χ4v) is 6.09. The molecule has 0 bridgehead atoms. The van der Waals surface area contributed by atoms with Crippen molar-refractivity contribution in [3.8, 4) is 11.3 Å². The maximum absolute atomic E-state index is 14.3. The van der Waals surface area contributed by atoms with Crippen LogP contribution >= 0.6 is 0 Å². The third kappa shape index (κ3) is 5.16. The summed E-state index contributed by atoms with van der Waals surface area (Å²) in [5, 5.41) is -1.23. The van der Waals surface area contributed by atoms with Gasteiger partial charge in [-0.2, -0.15) is 13.2 Å². The number of aromatic nitrogens is 3. The van der Waals surface area contributed by atoms with Gasteiger partial charge in [-0.25, -0.2) is 27.2 Å². The highest BCUT2D eigenvalue weighted by Gasteiger charge is 2.51. The second-order valence-corrected chi connectivity index (χ2v) is 11.0. The summed E-state index contributed by atoms with van der Waals surface area (Å²) >= 11 is 0. The van der Waals surface area contributed by atoms with Gasteiger partial charge >= 0.3 is 6.18 Å². The highest BCUT2D eigenvalue weighted by molar-refractivity contribution is 7.92. The third-order valence-electron chi connectivity index (χ3n) is 6.34. The van der Waals surface area contributed by atoms with Crippen LogP contribution in [0.15, 0.2) is 53.8 Å². The van der Waals surface area contributed by atoms with Crippen LogP contribution < -0.4 is 5.73 Å². The van der Waals surface area contributed by atoms with E-state index in [0.717, 1.165) is 24.4 Å². The zero-order valence-corrected chi connectivity index (χ0v) is 20.0. The van der Waals surface area contributed by atoms with Gasteiger partial charge in [0.05, 0.1) is 22.2 Å². The number of hydrogen-bond acceptors (Lipinski definition) is 7. The Kier molecular flexibility index (Phi) is 6.75. The predicted octanol–water partition coefficient (Wildman–Crippen LogP) is 3.13. The van der Waals surface area contributed by atoms with Gasteiger partial charge in [-0.1, -0.05) is 0 Å². The summed E-state index contributed by atoms with van der Waals surface area (Å²) in [5.74, 6) is -3.00. The quantitative estimate of drug-likeness (QED) is 0.376. The molecule has 1 amide bonds. The van der Waals surface area contributed by atoms with Crippen LogP contribution in [0.4, 0.5) is 22.0 Å². The van der Waals surface area contributed by atoms with Crippen molar-refractivity contribution in [1.29, 1.82) is 0 Å². The van der Waals surface area contributed by atoms with Crippen LogP contribution in [0.5, 0.6) is 0 Å². The Morgan fingerprint density at radius 2 is 1.86 bits per heavy atom. The molecule has 37 heavy (non-hydrogen) atoms. The lowest BCUT2D eigenvalue weighted by Crippen LogP contribution is -2.51. The second kappa shape index (κ2) is 9.41. The molecule has 1 aromatic carbocycles. The first-order valence-electron chi connectivity index (χ1n) is 10.8. The number of rotatable bonds is 6. The van der Waals surface area contributed by atoms with Gasteiger partial charge in [-0.3, -0.25) is 14.7 Å². The van der Waals surface area contributed by atoms with Gasteiger partial charge in [-0.15, -0.1) is 0 Å². The number of benzene rings is 1. The lowest BCUT2D eigenvalue weighted by molar-refractivity contribution is -0.141. The number of pyridine rings is 1. The van der Waals surface area contributed by atoms with E-state index in [1.807, 2.05) is 0 Å². The minimum atomic E-state index is -4.60. The molecule has 0 aliphatic carbocycles. The summed E-state index contributed by atoms with van der Waals surface area (Å²) in [7, 11) is -4.31. The molecule has 14 heteroatoms. The molecule has 1 saturated heterocycles. The maximum atomic E-state index is 14.3. The zero-order chi connectivity index (χ0) is 27.2. The highest BCUT2D eigenvalue weighted by atomic mass is 32.2. The fraction of sp³-hybridized carbons (Fsp3) is 0.304. The van der Waals surface area contributed by atoms with E-state index in [2.05, 4.69) is 15.0 Å². The Hall–Kier alpha value is -3.52. The summed E-state index contributed by atoms with van der Waals surface area (Å²) < 4.78 is 92.3. The van der Waals surface area contributed by atoms with Crippen molar-refractivity contribution in [2.75, 3.05) is 6.54 Å². The summed E-state index contributed by atoms with van der Waals surface area (Å²) in [5.41, 5.74) is 3.95. The lowest BCUT2D eigenvalue weighted by atomic mass is 9.98. The standard InChI is InChI=1S/C23H20F5N5O3S/c1-22(21(29)34)8-16(37(35,36)19-4-3-14(24)6-17(19)25)11-33(22)10-15-7-18(32-12-31-15)13-2-5-20(30-9-13)23(26,27)28/h2-7,9,12,16H,8,10-11H2,1H3,(H2,29,34)/t16-,22+/m1/s1. The SMILES string of the molecule is C[C@@]1(C(N)=O)C[C@@H](S(=O)(=O)c2ccc(F)cc2F)CN1Cc1cc(-c2ccc(C(F)(F)F)nc2)ncn1. The number of amides is 1. The van der Waals surface area contributed by atoms with E-state index in [1.54, 1.807) is 0 Å². The van der Waals surface area contributed by atoms with Crippen molar-refractivity contribution < 1.29 is 35.2 Å². The van der Waals surface area contributed by atoms with E-state index in [-0.39, 0.29) is 30.8 Å². The Labute approximate surface area is 208 Å². The molecular weight excluding hydrogens is 521 g/mol. The normalized spacial score (nSPS) is 20.8. The minimum Gasteiger partial charge on any atom is -0.368 e. The van der Waals surface area contributed by atoms with E-state index < -0.39 is 54.9 Å². The third-order valence-corrected chi connectivity index (χ3v) is 8.48. The van der Waals surface area contributed by atoms with Crippen molar-refractivity contribution >= 4 is 15.7 Å². The monoisotopic (exact) mass is 541 g/mol. The van der Waals surface area contributed by atoms with Crippen LogP contribution in [0.3, 0.4) is 0 Å². The molecule has 2 N–H and O–H groups in total. The van der Waals surface area contributed by atoms with Crippen LogP contribution in [0.2, 0.25) is 0 Å². The van der Waals surface area contributed by atoms with E-state index in [1.165, 1.54) is 30.3 Å². The average molecular weight is 542 g/mol. The van der Waals surface area contributed by atoms with Crippen molar-refractivity contribution in [1.82, 2.24) is 19.9 Å². The molecule has 196 valence electrons. The number of nitrogens with two attached hydrogens (primary N) is 1. The highest BCUT2D eigenvalue weighted by Crippen LogP contribution is 2.37. The number of carbonyl (C=O) groups excluding carboxylic acids is 1. The van der Waals surface area contributed by atoms with Crippen LogP contribution in [0, 0.1) is 11.6 Å².